The summed E-state index contributed by atoms with van der Waals surface area (Å²) in [6.45, 7) is 12.1. The molecule has 368 valence electrons. The monoisotopic (exact) mass is 1130 g/mol. The van der Waals surface area contributed by atoms with Crippen molar-refractivity contribution in [3.05, 3.63) is 268 Å². The third-order valence-corrected chi connectivity index (χ3v) is 32.7. The van der Waals surface area contributed by atoms with Gasteiger partial charge in [-0.2, -0.15) is 0 Å². The zero-order valence-corrected chi connectivity index (χ0v) is 46.9. The second-order valence-corrected chi connectivity index (χ2v) is 32.5. The van der Waals surface area contributed by atoms with Crippen LogP contribution in [-0.4, -0.2) is 20.1 Å². The Morgan fingerprint density at radius 2 is 0.405 bits per heavy atom. The number of hydrogen-bond donors (Lipinski definition) is 0. The normalized spacial score (nSPS) is 12.5. The summed E-state index contributed by atoms with van der Waals surface area (Å²) in [5, 5.41) is 30.5. The van der Waals surface area contributed by atoms with Gasteiger partial charge in [0.2, 0.25) is 0 Å². The summed E-state index contributed by atoms with van der Waals surface area (Å²) < 4.78 is 42.8. The van der Waals surface area contributed by atoms with Crippen molar-refractivity contribution < 1.29 is 10.4 Å². The quantitative estimate of drug-likeness (QED) is 0.0939. The minimum atomic E-state index is -6.88. The number of hydrogen-bond acceptors (Lipinski definition) is 7. The van der Waals surface area contributed by atoms with Crippen LogP contribution in [0.1, 0.15) is 50.1 Å². The van der Waals surface area contributed by atoms with Crippen molar-refractivity contribution in [3.8, 4) is 18.2 Å². The van der Waals surface area contributed by atoms with Crippen molar-refractivity contribution in [3.63, 3.8) is 0 Å². The molecule has 7 nitrogen and oxygen atoms in total. The van der Waals surface area contributed by atoms with Crippen LogP contribution in [0.5, 0.6) is 0 Å². The van der Waals surface area contributed by atoms with Crippen molar-refractivity contribution in [2.45, 2.75) is 85.6 Å². The fourth-order valence-corrected chi connectivity index (χ4v) is 33.2. The van der Waals surface area contributed by atoms with Gasteiger partial charge in [-0.1, -0.05) is 0 Å². The molecule has 0 radical (unpaired) electrons. The van der Waals surface area contributed by atoms with E-state index < -0.39 is 51.0 Å². The number of benzene rings is 9. The van der Waals surface area contributed by atoms with Crippen LogP contribution < -0.4 is 0 Å². The second-order valence-electron chi connectivity index (χ2n) is 18.1. The molecule has 0 N–H and O–H groups in total. The maximum absolute atomic E-state index is 18.5. The van der Waals surface area contributed by atoms with E-state index in [4.69, 9.17) is 7.38 Å². The molecule has 0 atom stereocenters. The summed E-state index contributed by atoms with van der Waals surface area (Å²) in [6, 6.07) is 77.3. The number of nitriles is 3. The molecule has 9 aromatic carbocycles. The van der Waals surface area contributed by atoms with E-state index in [-0.39, 0.29) is 0 Å². The van der Waals surface area contributed by atoms with Crippen molar-refractivity contribution in [1.82, 2.24) is 0 Å². The fraction of sp³-hybridized carbons (Fsp3) is 0.0952. The molecule has 0 unspecified atom stereocenters. The van der Waals surface area contributed by atoms with Crippen molar-refractivity contribution in [1.29, 1.82) is 15.8 Å². The molecule has 0 fully saturated rings. The average molecular weight is 1140 g/mol. The van der Waals surface area contributed by atoms with Crippen LogP contribution in [0.25, 0.3) is 0 Å². The minimum absolute atomic E-state index is 0.449. The number of aryl methyl sites for hydroxylation is 6. The van der Waals surface area contributed by atoms with E-state index in [1.54, 1.807) is 36.4 Å². The number of rotatable bonds is 15. The summed E-state index contributed by atoms with van der Waals surface area (Å²) in [5.74, 6) is 0. The van der Waals surface area contributed by atoms with Gasteiger partial charge in [0.25, 0.3) is 0 Å². The van der Waals surface area contributed by atoms with Crippen molar-refractivity contribution >= 4 is 51.0 Å². The van der Waals surface area contributed by atoms with Crippen molar-refractivity contribution in [2.75, 3.05) is 0 Å². The zero-order valence-electron chi connectivity index (χ0n) is 41.9. The first-order valence-electron chi connectivity index (χ1n) is 23.9. The molecule has 0 aliphatic carbocycles. The number of nitrogens with zero attached hydrogens (tertiary/aromatic N) is 3. The summed E-state index contributed by atoms with van der Waals surface area (Å²) >= 11 is -6.88. The molecule has 0 amide bonds. The van der Waals surface area contributed by atoms with E-state index in [0.717, 1.165) is 62.8 Å². The molecule has 9 aromatic rings. The maximum atomic E-state index is 18.5. The Labute approximate surface area is 445 Å². The Balaban J connectivity index is 1.47. The molecule has 0 bridgehead atoms. The summed E-state index contributed by atoms with van der Waals surface area (Å²) in [7, 11) is -9.53. The molecule has 11 heteroatoms. The second kappa shape index (κ2) is 21.8. The third kappa shape index (κ3) is 10.3. The molecular formula is C63H54N3O4S3Sb. The predicted molar refractivity (Wildman–Crippen MR) is 297 cm³/mol. The average Bonchev–Trinajstić information content (AvgIpc) is 3.43. The SMILES string of the molecule is Cc1ccc(S([O][Sb](=[O])([O]S(c2ccc(C)cc2)(c2ccc(C)cc2)c2ccc(C#N)cc2)[O]S(c2ccc(C)cc2)(c2ccc(C)cc2)c2ccc(C#N)cc2)(c2ccc(C)cc2)c2ccc(C#N)cc2)cc1. The van der Waals surface area contributed by atoms with Crippen LogP contribution in [-0.2, 0) is 10.4 Å². The molecule has 0 heterocycles. The topological polar surface area (TPSA) is 116 Å². The van der Waals surface area contributed by atoms with Gasteiger partial charge in [0.15, 0.2) is 0 Å². The van der Waals surface area contributed by atoms with Crippen molar-refractivity contribution in [2.24, 2.45) is 0 Å². The van der Waals surface area contributed by atoms with E-state index in [9.17, 15) is 15.8 Å². The molecular weight excluding hydrogens is 1080 g/mol. The van der Waals surface area contributed by atoms with Crippen LogP contribution in [0.4, 0.5) is 0 Å². The molecule has 9 rings (SSSR count). The van der Waals surface area contributed by atoms with Gasteiger partial charge in [0.05, 0.1) is 0 Å². The van der Waals surface area contributed by atoms with Crippen LogP contribution in [0, 0.1) is 75.5 Å². The molecule has 0 aliphatic rings. The van der Waals surface area contributed by atoms with E-state index in [2.05, 4.69) is 18.2 Å². The van der Waals surface area contributed by atoms with Gasteiger partial charge < -0.3 is 0 Å². The van der Waals surface area contributed by atoms with Gasteiger partial charge in [0.1, 0.15) is 0 Å². The first-order chi connectivity index (χ1) is 35.7. The first kappa shape index (κ1) is 51.9. The molecule has 0 aliphatic heterocycles. The Hall–Kier alpha value is -7.00. The Morgan fingerprint density at radius 3 is 0.541 bits per heavy atom. The van der Waals surface area contributed by atoms with Gasteiger partial charge >= 0.3 is 449 Å². The van der Waals surface area contributed by atoms with Gasteiger partial charge in [-0.05, 0) is 0 Å². The summed E-state index contributed by atoms with van der Waals surface area (Å²) in [4.78, 5) is 6.37. The van der Waals surface area contributed by atoms with E-state index in [1.807, 2.05) is 224 Å². The Kier molecular flexibility index (Phi) is 15.3. The molecule has 0 saturated carbocycles. The summed E-state index contributed by atoms with van der Waals surface area (Å²) in [6.07, 6.45) is 0. The molecule has 0 spiro atoms. The molecule has 74 heavy (non-hydrogen) atoms. The van der Waals surface area contributed by atoms with E-state index in [0.29, 0.717) is 31.4 Å². The van der Waals surface area contributed by atoms with E-state index in [1.165, 1.54) is 0 Å². The summed E-state index contributed by atoms with van der Waals surface area (Å²) in [5.41, 5.74) is 7.43. The van der Waals surface area contributed by atoms with Crippen LogP contribution >= 0.6 is 30.9 Å². The van der Waals surface area contributed by atoms with E-state index >= 15 is 3.02 Å². The predicted octanol–water partition coefficient (Wildman–Crippen LogP) is 17.1. The molecule has 0 saturated heterocycles. The first-order valence-corrected chi connectivity index (χ1v) is 32.7. The van der Waals surface area contributed by atoms with Gasteiger partial charge in [0, 0.05) is 0 Å². The molecule has 0 aromatic heterocycles. The Morgan fingerprint density at radius 1 is 0.270 bits per heavy atom. The third-order valence-electron chi connectivity index (χ3n) is 12.7. The van der Waals surface area contributed by atoms with Gasteiger partial charge in [-0.25, -0.2) is 0 Å². The fourth-order valence-electron chi connectivity index (χ4n) is 8.60. The van der Waals surface area contributed by atoms with Crippen LogP contribution in [0.3, 0.4) is 0 Å². The Bertz CT molecular complexity index is 3090. The standard InChI is InChI=1S/3C21H19NOS.O.Sb/c3*1-16-3-9-19(10-4-16)24(23,20-11-5-17(2)6-12-20)21-13-7-18(15-22)8-14-21;;/h3*3-14,23H,1-2H3;;/q;;;;+3/p-3. The zero-order chi connectivity index (χ0) is 52.1. The van der Waals surface area contributed by atoms with Crippen LogP contribution in [0.15, 0.2) is 262 Å². The van der Waals surface area contributed by atoms with Gasteiger partial charge in [-0.3, -0.25) is 0 Å². The van der Waals surface area contributed by atoms with Crippen LogP contribution in [0.2, 0.25) is 0 Å². The van der Waals surface area contributed by atoms with Gasteiger partial charge in [-0.15, -0.1) is 0 Å².